The standard InChI is InChI=1S/C15H22ClN/c1-2-17-11-14(12-7-3-4-8-12)13-9-5-6-10-15(13)16/h5-6,9-10,12,14,17H,2-4,7-8,11H2,1H3. The van der Waals surface area contributed by atoms with Crippen molar-refractivity contribution in [1.82, 2.24) is 5.32 Å². The minimum absolute atomic E-state index is 0.589. The molecule has 2 heteroatoms. The van der Waals surface area contributed by atoms with Gasteiger partial charge in [0.15, 0.2) is 0 Å². The normalized spacial score (nSPS) is 18.5. The molecular weight excluding hydrogens is 230 g/mol. The van der Waals surface area contributed by atoms with E-state index >= 15 is 0 Å². The maximum absolute atomic E-state index is 6.35. The Morgan fingerprint density at radius 1 is 1.29 bits per heavy atom. The molecule has 0 radical (unpaired) electrons. The van der Waals surface area contributed by atoms with E-state index in [1.54, 1.807) is 0 Å². The van der Waals surface area contributed by atoms with E-state index < -0.39 is 0 Å². The van der Waals surface area contributed by atoms with Crippen LogP contribution in [0.5, 0.6) is 0 Å². The molecule has 0 saturated heterocycles. The molecule has 1 nitrogen and oxygen atoms in total. The molecule has 1 unspecified atom stereocenters. The zero-order valence-corrected chi connectivity index (χ0v) is 11.3. The van der Waals surface area contributed by atoms with Gasteiger partial charge < -0.3 is 5.32 Å². The van der Waals surface area contributed by atoms with E-state index in [9.17, 15) is 0 Å². The summed E-state index contributed by atoms with van der Waals surface area (Å²) in [6, 6.07) is 8.34. The van der Waals surface area contributed by atoms with Crippen LogP contribution in [0.1, 0.15) is 44.1 Å². The summed E-state index contributed by atoms with van der Waals surface area (Å²) in [4.78, 5) is 0. The molecule has 0 aliphatic heterocycles. The van der Waals surface area contributed by atoms with Gasteiger partial charge in [-0.2, -0.15) is 0 Å². The molecule has 17 heavy (non-hydrogen) atoms. The highest BCUT2D eigenvalue weighted by molar-refractivity contribution is 6.31. The van der Waals surface area contributed by atoms with E-state index in [-0.39, 0.29) is 0 Å². The van der Waals surface area contributed by atoms with E-state index in [1.807, 2.05) is 12.1 Å². The molecule has 94 valence electrons. The van der Waals surface area contributed by atoms with Crippen LogP contribution in [0, 0.1) is 5.92 Å². The van der Waals surface area contributed by atoms with Gasteiger partial charge in [0.1, 0.15) is 0 Å². The predicted molar refractivity (Wildman–Crippen MR) is 74.7 cm³/mol. The van der Waals surface area contributed by atoms with E-state index in [2.05, 4.69) is 24.4 Å². The molecule has 1 aromatic rings. The topological polar surface area (TPSA) is 12.0 Å². The fourth-order valence-corrected chi connectivity index (χ4v) is 3.24. The van der Waals surface area contributed by atoms with Crippen LogP contribution < -0.4 is 5.32 Å². The van der Waals surface area contributed by atoms with Crippen LogP contribution in [-0.4, -0.2) is 13.1 Å². The first-order valence-electron chi connectivity index (χ1n) is 6.78. The van der Waals surface area contributed by atoms with Crippen LogP contribution in [0.15, 0.2) is 24.3 Å². The third-order valence-corrected chi connectivity index (χ3v) is 4.23. The molecule has 1 fully saturated rings. The number of likely N-dealkylation sites (N-methyl/N-ethyl adjacent to an activating group) is 1. The molecular formula is C15H22ClN. The molecule has 2 rings (SSSR count). The van der Waals surface area contributed by atoms with E-state index in [0.29, 0.717) is 5.92 Å². The van der Waals surface area contributed by atoms with Crippen molar-refractivity contribution < 1.29 is 0 Å². The van der Waals surface area contributed by atoms with Gasteiger partial charge >= 0.3 is 0 Å². The average Bonchev–Trinajstić information content (AvgIpc) is 2.85. The monoisotopic (exact) mass is 251 g/mol. The fourth-order valence-electron chi connectivity index (χ4n) is 2.97. The highest BCUT2D eigenvalue weighted by atomic mass is 35.5. The third-order valence-electron chi connectivity index (χ3n) is 3.89. The predicted octanol–water partition coefficient (Wildman–Crippen LogP) is 4.22. The van der Waals surface area contributed by atoms with Crippen molar-refractivity contribution in [2.75, 3.05) is 13.1 Å². The average molecular weight is 252 g/mol. The summed E-state index contributed by atoms with van der Waals surface area (Å²) in [7, 11) is 0. The second kappa shape index (κ2) is 6.42. The summed E-state index contributed by atoms with van der Waals surface area (Å²) < 4.78 is 0. The van der Waals surface area contributed by atoms with Crippen molar-refractivity contribution in [2.45, 2.75) is 38.5 Å². The quantitative estimate of drug-likeness (QED) is 0.826. The first kappa shape index (κ1) is 12.9. The van der Waals surface area contributed by atoms with Crippen LogP contribution in [0.25, 0.3) is 0 Å². The van der Waals surface area contributed by atoms with Crippen molar-refractivity contribution in [3.8, 4) is 0 Å². The molecule has 0 amide bonds. The number of halogens is 1. The molecule has 1 aliphatic rings. The highest BCUT2D eigenvalue weighted by Gasteiger charge is 2.27. The summed E-state index contributed by atoms with van der Waals surface area (Å²) in [5.74, 6) is 1.40. The molecule has 1 saturated carbocycles. The van der Waals surface area contributed by atoms with E-state index in [4.69, 9.17) is 11.6 Å². The summed E-state index contributed by atoms with van der Waals surface area (Å²) >= 11 is 6.35. The molecule has 1 aromatic carbocycles. The zero-order valence-electron chi connectivity index (χ0n) is 10.6. The smallest absolute Gasteiger partial charge is 0.0441 e. The van der Waals surface area contributed by atoms with Gasteiger partial charge in [-0.25, -0.2) is 0 Å². The number of hydrogen-bond acceptors (Lipinski definition) is 1. The van der Waals surface area contributed by atoms with Crippen molar-refractivity contribution >= 4 is 11.6 Å². The highest BCUT2D eigenvalue weighted by Crippen LogP contribution is 2.39. The number of hydrogen-bond donors (Lipinski definition) is 1. The van der Waals surface area contributed by atoms with Gasteiger partial charge in [-0.1, -0.05) is 49.6 Å². The van der Waals surface area contributed by atoms with Gasteiger partial charge in [0.05, 0.1) is 0 Å². The van der Waals surface area contributed by atoms with Crippen molar-refractivity contribution in [1.29, 1.82) is 0 Å². The summed E-state index contributed by atoms with van der Waals surface area (Å²) in [5.41, 5.74) is 1.34. The van der Waals surface area contributed by atoms with Crippen molar-refractivity contribution in [2.24, 2.45) is 5.92 Å². The number of benzene rings is 1. The SMILES string of the molecule is CCNCC(c1ccccc1Cl)C1CCCC1. The Morgan fingerprint density at radius 2 is 2.00 bits per heavy atom. The molecule has 0 bridgehead atoms. The van der Waals surface area contributed by atoms with Gasteiger partial charge in [0, 0.05) is 17.5 Å². The maximum Gasteiger partial charge on any atom is 0.0441 e. The molecule has 0 spiro atoms. The summed E-state index contributed by atoms with van der Waals surface area (Å²) in [5, 5.41) is 4.42. The molecule has 0 heterocycles. The number of nitrogens with one attached hydrogen (secondary N) is 1. The van der Waals surface area contributed by atoms with Crippen molar-refractivity contribution in [3.05, 3.63) is 34.9 Å². The van der Waals surface area contributed by atoms with Gasteiger partial charge in [0.25, 0.3) is 0 Å². The van der Waals surface area contributed by atoms with Gasteiger partial charge in [-0.15, -0.1) is 0 Å². The fraction of sp³-hybridized carbons (Fsp3) is 0.600. The van der Waals surface area contributed by atoms with Crippen LogP contribution in [0.2, 0.25) is 5.02 Å². The Labute approximate surface area is 110 Å². The number of rotatable bonds is 5. The lowest BCUT2D eigenvalue weighted by Gasteiger charge is -2.25. The molecule has 1 atom stereocenters. The lowest BCUT2D eigenvalue weighted by atomic mass is 9.84. The minimum Gasteiger partial charge on any atom is -0.316 e. The maximum atomic E-state index is 6.35. The van der Waals surface area contributed by atoms with Gasteiger partial charge in [-0.3, -0.25) is 0 Å². The van der Waals surface area contributed by atoms with Crippen LogP contribution >= 0.6 is 11.6 Å². The van der Waals surface area contributed by atoms with E-state index in [1.165, 1.54) is 31.2 Å². The largest absolute Gasteiger partial charge is 0.316 e. The van der Waals surface area contributed by atoms with Crippen LogP contribution in [0.3, 0.4) is 0 Å². The van der Waals surface area contributed by atoms with Crippen LogP contribution in [0.4, 0.5) is 0 Å². The molecule has 1 N–H and O–H groups in total. The second-order valence-corrected chi connectivity index (χ2v) is 5.39. The molecule has 1 aliphatic carbocycles. The van der Waals surface area contributed by atoms with Crippen molar-refractivity contribution in [3.63, 3.8) is 0 Å². The Balaban J connectivity index is 2.16. The minimum atomic E-state index is 0.589. The first-order chi connectivity index (χ1) is 8.33. The third kappa shape index (κ3) is 3.23. The van der Waals surface area contributed by atoms with Gasteiger partial charge in [-0.05, 0) is 36.9 Å². The first-order valence-corrected chi connectivity index (χ1v) is 7.16. The second-order valence-electron chi connectivity index (χ2n) is 4.98. The molecule has 0 aromatic heterocycles. The van der Waals surface area contributed by atoms with E-state index in [0.717, 1.165) is 24.0 Å². The summed E-state index contributed by atoms with van der Waals surface area (Å²) in [6.07, 6.45) is 5.50. The van der Waals surface area contributed by atoms with Gasteiger partial charge in [0.2, 0.25) is 0 Å². The summed E-state index contributed by atoms with van der Waals surface area (Å²) in [6.45, 7) is 4.26. The lowest BCUT2D eigenvalue weighted by Crippen LogP contribution is -2.25. The van der Waals surface area contributed by atoms with Crippen LogP contribution in [-0.2, 0) is 0 Å². The Kier molecular flexibility index (Phi) is 4.87. The zero-order chi connectivity index (χ0) is 12.1. The Bertz CT molecular complexity index is 345. The Morgan fingerprint density at radius 3 is 2.65 bits per heavy atom. The Hall–Kier alpha value is -0.530. The lowest BCUT2D eigenvalue weighted by molar-refractivity contribution is 0.414.